The summed E-state index contributed by atoms with van der Waals surface area (Å²) in [5, 5.41) is 3.19. The molecule has 4 aliphatic carbocycles. The molecule has 10 aliphatic rings. The summed E-state index contributed by atoms with van der Waals surface area (Å²) < 4.78 is 81.3. The van der Waals surface area contributed by atoms with Crippen molar-refractivity contribution >= 4 is 99.7 Å². The van der Waals surface area contributed by atoms with E-state index in [0.717, 1.165) is 96.0 Å². The fourth-order valence-corrected chi connectivity index (χ4v) is 21.3. The molecule has 2 saturated heterocycles. The Labute approximate surface area is 673 Å². The molecular weight excluding hydrogens is 1490 g/mol. The highest BCUT2D eigenvalue weighted by Crippen LogP contribution is 2.60. The van der Waals surface area contributed by atoms with Gasteiger partial charge in [0, 0.05) is 111 Å². The van der Waals surface area contributed by atoms with Gasteiger partial charge in [0.05, 0.1) is 70.0 Å². The maximum absolute atomic E-state index is 15.0. The monoisotopic (exact) mass is 1610 g/mol. The van der Waals surface area contributed by atoms with Gasteiger partial charge in [0.2, 0.25) is 55.4 Å². The molecule has 6 fully saturated rings. The summed E-state index contributed by atoms with van der Waals surface area (Å²) >= 11 is 0. The zero-order chi connectivity index (χ0) is 82.2. The number of sulfonamides is 2. The minimum Gasteiger partial charge on any atom is -0.489 e. The zero-order valence-corrected chi connectivity index (χ0v) is 70.9. The van der Waals surface area contributed by atoms with Crippen molar-refractivity contribution in [2.75, 3.05) is 63.3 Å². The fraction of sp³-hybridized carbons (Fsp3) is 0.659. The van der Waals surface area contributed by atoms with Gasteiger partial charge in [-0.1, -0.05) is 93.5 Å². The molecule has 4 amide bonds. The van der Waals surface area contributed by atoms with Crippen LogP contribution in [0.5, 0.6) is 23.3 Å². The number of ketones is 4. The maximum atomic E-state index is 15.0. The summed E-state index contributed by atoms with van der Waals surface area (Å²) in [5.74, 6) is -1.93. The number of carbonyl (C=O) groups excluding carboxylic acids is 8. The first-order valence-electron chi connectivity index (χ1n) is 41.6. The highest BCUT2D eigenvalue weighted by atomic mass is 32.2. The standard InChI is InChI=1S/2C44H60N4O8S/c2*1-27-10-8-9-11-29-23-44(29,41(52)46-57(53,54)43(6)15-16-43)25-37(50)36-22-31(26-48(36)40(51)34(28(2)20-27)21-30(49)24-42(3,4)5)56-39-33-12-13-35-38(32(33)14-17-45-39)55-19-18-47(35)7/h2*9,11-14,17,27-29,31,34,36H,8,10,15-16,18-26H2,1-7H3,(H,46,52)/b2*11-9-/t27-,28+,29+,31+,34-,36-,44+;27-,28-,29-,31-,34+,36+,44-/m01/s1. The van der Waals surface area contributed by atoms with Crippen molar-refractivity contribution in [1.82, 2.24) is 29.2 Å². The minimum atomic E-state index is -3.94. The predicted molar refractivity (Wildman–Crippen MR) is 437 cm³/mol. The van der Waals surface area contributed by atoms with Crippen molar-refractivity contribution in [2.45, 2.75) is 245 Å². The smallest absolute Gasteiger partial charge is 0.240 e. The number of likely N-dealkylation sites (N-methyl/N-ethyl adjacent to an activating group) is 2. The Morgan fingerprint density at radius 2 is 0.921 bits per heavy atom. The molecule has 620 valence electrons. The molecule has 0 bridgehead atoms. The molecule has 24 nitrogen and oxygen atoms in total. The molecule has 26 heteroatoms. The number of pyridine rings is 2. The SMILES string of the molecule is C[C@@H]1CC/C=C\[C@@H]2C[C@@]2(C(=O)NS(=O)(=O)C2(C)CC2)CC(=O)[C@@H]2C[C@@H](Oc3nccc4c5c(ccc34)N(C)CCO5)CN2C(=O)[C@@H](CC(=O)CC(C)(C)C)[C@H](C)C1.C[C@H]1CC/C=C\[C@@H]2C[C@@]2(C(=O)NS(=O)(=O)C2(C)CC2)CC(=O)[C@@H]2C[C@@H](Oc3nccc4c5c(ccc34)N(C)CCO5)CN2C(=O)[C@@H](CC(=O)CC(C)(C)C)[C@H](C)C1. The second kappa shape index (κ2) is 32.1. The van der Waals surface area contributed by atoms with Crippen LogP contribution < -0.4 is 38.2 Å². The quantitative estimate of drug-likeness (QED) is 0.0985. The summed E-state index contributed by atoms with van der Waals surface area (Å²) in [6.07, 6.45) is 18.0. The third kappa shape index (κ3) is 17.9. The molecule has 114 heavy (non-hydrogen) atoms. The second-order valence-corrected chi connectivity index (χ2v) is 43.0. The van der Waals surface area contributed by atoms with Gasteiger partial charge in [-0.25, -0.2) is 26.8 Å². The van der Waals surface area contributed by atoms with Crippen molar-refractivity contribution in [3.05, 3.63) is 73.1 Å². The van der Waals surface area contributed by atoms with Gasteiger partial charge in [0.1, 0.15) is 37.0 Å². The molecule has 4 aromatic rings. The number of amides is 4. The van der Waals surface area contributed by atoms with Crippen molar-refractivity contribution < 1.29 is 74.1 Å². The molecule has 0 radical (unpaired) electrons. The molecule has 14 atom stereocenters. The van der Waals surface area contributed by atoms with Gasteiger partial charge in [0.15, 0.2) is 23.1 Å². The van der Waals surface area contributed by atoms with Gasteiger partial charge < -0.3 is 38.5 Å². The number of fused-ring (bicyclic) bond motifs is 10. The van der Waals surface area contributed by atoms with Crippen molar-refractivity contribution in [2.24, 2.45) is 69.0 Å². The van der Waals surface area contributed by atoms with Gasteiger partial charge in [-0.05, 0) is 174 Å². The lowest BCUT2D eigenvalue weighted by Crippen LogP contribution is -2.48. The number of hydrogen-bond acceptors (Lipinski definition) is 20. The van der Waals surface area contributed by atoms with Gasteiger partial charge in [0.25, 0.3) is 0 Å². The summed E-state index contributed by atoms with van der Waals surface area (Å²) in [6, 6.07) is 9.76. The van der Waals surface area contributed by atoms with Crippen LogP contribution in [-0.2, 0) is 58.4 Å². The molecule has 2 aromatic carbocycles. The summed E-state index contributed by atoms with van der Waals surface area (Å²) in [7, 11) is -3.85. The average Bonchev–Trinajstić information content (AvgIpc) is 1.56. The Bertz CT molecular complexity index is 4440. The van der Waals surface area contributed by atoms with Crippen LogP contribution in [0.1, 0.15) is 212 Å². The van der Waals surface area contributed by atoms with Crippen LogP contribution in [0, 0.1) is 69.0 Å². The lowest BCUT2D eigenvalue weighted by Gasteiger charge is -2.32. The van der Waals surface area contributed by atoms with E-state index < -0.39 is 88.3 Å². The van der Waals surface area contributed by atoms with E-state index in [2.05, 4.69) is 43.1 Å². The third-order valence-electron chi connectivity index (χ3n) is 26.3. The van der Waals surface area contributed by atoms with Crippen LogP contribution >= 0.6 is 0 Å². The third-order valence-corrected chi connectivity index (χ3v) is 30.7. The Hall–Kier alpha value is -8.00. The number of benzene rings is 2. The number of anilines is 2. The number of rotatable bonds is 16. The normalized spacial score (nSPS) is 30.9. The second-order valence-electron chi connectivity index (χ2n) is 38.6. The van der Waals surface area contributed by atoms with E-state index in [1.54, 1.807) is 36.0 Å². The lowest BCUT2D eigenvalue weighted by molar-refractivity contribution is -0.145. The number of allylic oxidation sites excluding steroid dienone is 4. The number of Topliss-reactive ketones (excluding diaryl/α,β-unsaturated/α-hetero) is 4. The van der Waals surface area contributed by atoms with Gasteiger partial charge >= 0.3 is 0 Å². The van der Waals surface area contributed by atoms with E-state index in [4.69, 9.17) is 18.9 Å². The first kappa shape index (κ1) is 83.9. The molecule has 0 unspecified atom stereocenters. The van der Waals surface area contributed by atoms with Gasteiger partial charge in [-0.2, -0.15) is 0 Å². The molecule has 4 saturated carbocycles. The molecule has 8 heterocycles. The van der Waals surface area contributed by atoms with Crippen molar-refractivity contribution in [3.63, 3.8) is 0 Å². The van der Waals surface area contributed by atoms with Crippen LogP contribution in [0.4, 0.5) is 11.4 Å². The van der Waals surface area contributed by atoms with Crippen LogP contribution in [0.15, 0.2) is 73.1 Å². The Morgan fingerprint density at radius 3 is 1.28 bits per heavy atom. The summed E-state index contributed by atoms with van der Waals surface area (Å²) in [4.78, 5) is 131. The fourth-order valence-electron chi connectivity index (χ4n) is 18.6. The lowest BCUT2D eigenvalue weighted by atomic mass is 9.79. The van der Waals surface area contributed by atoms with E-state index in [1.165, 1.54) is 0 Å². The average molecular weight is 1610 g/mol. The van der Waals surface area contributed by atoms with Crippen LogP contribution in [-0.4, -0.2) is 171 Å². The van der Waals surface area contributed by atoms with Crippen LogP contribution in [0.2, 0.25) is 0 Å². The minimum absolute atomic E-state index is 0.00856. The van der Waals surface area contributed by atoms with Gasteiger partial charge in [-0.15, -0.1) is 0 Å². The first-order valence-corrected chi connectivity index (χ1v) is 44.6. The number of ether oxygens (including phenoxy) is 4. The Balaban J connectivity index is 0.000000199. The Morgan fingerprint density at radius 1 is 0.544 bits per heavy atom. The Kier molecular flexibility index (Phi) is 23.7. The van der Waals surface area contributed by atoms with Crippen molar-refractivity contribution in [3.8, 4) is 23.3 Å². The molecule has 0 spiro atoms. The highest BCUT2D eigenvalue weighted by molar-refractivity contribution is 7.92. The molecule has 2 N–H and O–H groups in total. The topological polar surface area (TPSA) is 305 Å². The molecule has 6 aliphatic heterocycles. The number of hydrogen-bond donors (Lipinski definition) is 2. The summed E-state index contributed by atoms with van der Waals surface area (Å²) in [6.45, 7) is 26.5. The van der Waals surface area contributed by atoms with Crippen LogP contribution in [0.3, 0.4) is 0 Å². The number of nitrogens with zero attached hydrogens (tertiary/aromatic N) is 6. The van der Waals surface area contributed by atoms with Crippen molar-refractivity contribution in [1.29, 1.82) is 0 Å². The number of carbonyl (C=O) groups is 8. The highest BCUT2D eigenvalue weighted by Gasteiger charge is 2.65. The maximum Gasteiger partial charge on any atom is 0.240 e. The van der Waals surface area contributed by atoms with Gasteiger partial charge in [-0.3, -0.25) is 47.8 Å². The zero-order valence-electron chi connectivity index (χ0n) is 69.3. The molecular formula is C88H120N8O16S2. The van der Waals surface area contributed by atoms with Crippen LogP contribution in [0.25, 0.3) is 21.5 Å². The molecule has 2 aromatic heterocycles. The predicted octanol–water partition coefficient (Wildman–Crippen LogP) is 12.8. The van der Waals surface area contributed by atoms with E-state index in [0.29, 0.717) is 76.3 Å². The molecule has 14 rings (SSSR count). The van der Waals surface area contributed by atoms with E-state index in [-0.39, 0.29) is 133 Å². The van der Waals surface area contributed by atoms with E-state index in [1.807, 2.05) is 130 Å². The van der Waals surface area contributed by atoms with E-state index in [9.17, 15) is 55.2 Å². The summed E-state index contributed by atoms with van der Waals surface area (Å²) in [5.41, 5.74) is -1.06. The number of aromatic nitrogens is 2. The number of nitrogens with one attached hydrogen (secondary N) is 2. The first-order chi connectivity index (χ1) is 53.6. The van der Waals surface area contributed by atoms with E-state index >= 15 is 0 Å². The largest absolute Gasteiger partial charge is 0.489 e.